The SMILES string of the molecule is CCNC(=NCCCCC(F)(F)F)N1CCN(CC(=O)N2CC(C)CC(C)C2)CC1. The van der Waals surface area contributed by atoms with Crippen molar-refractivity contribution < 1.29 is 18.0 Å². The van der Waals surface area contributed by atoms with Gasteiger partial charge in [0.25, 0.3) is 0 Å². The summed E-state index contributed by atoms with van der Waals surface area (Å²) in [5, 5.41) is 3.24. The summed E-state index contributed by atoms with van der Waals surface area (Å²) in [6.45, 7) is 12.7. The molecule has 0 bridgehead atoms. The van der Waals surface area contributed by atoms with Crippen molar-refractivity contribution >= 4 is 11.9 Å². The van der Waals surface area contributed by atoms with Crippen molar-refractivity contribution in [3.05, 3.63) is 0 Å². The van der Waals surface area contributed by atoms with Crippen LogP contribution in [0.25, 0.3) is 0 Å². The van der Waals surface area contributed by atoms with Crippen molar-refractivity contribution in [3.8, 4) is 0 Å². The number of unbranched alkanes of at least 4 members (excludes halogenated alkanes) is 1. The van der Waals surface area contributed by atoms with Gasteiger partial charge in [-0.05, 0) is 38.0 Å². The molecule has 2 aliphatic rings. The van der Waals surface area contributed by atoms with E-state index < -0.39 is 12.6 Å². The highest BCUT2D eigenvalue weighted by Crippen LogP contribution is 2.22. The fourth-order valence-corrected chi connectivity index (χ4v) is 4.32. The summed E-state index contributed by atoms with van der Waals surface area (Å²) in [7, 11) is 0. The summed E-state index contributed by atoms with van der Waals surface area (Å²) < 4.78 is 36.7. The van der Waals surface area contributed by atoms with Crippen LogP contribution in [0.1, 0.15) is 46.5 Å². The molecule has 0 spiro atoms. The maximum absolute atomic E-state index is 12.7. The van der Waals surface area contributed by atoms with Gasteiger partial charge in [0.15, 0.2) is 5.96 Å². The Labute approximate surface area is 178 Å². The van der Waals surface area contributed by atoms with Crippen LogP contribution in [-0.2, 0) is 4.79 Å². The van der Waals surface area contributed by atoms with Crippen molar-refractivity contribution in [2.75, 3.05) is 58.9 Å². The number of likely N-dealkylation sites (tertiary alicyclic amines) is 1. The number of piperidine rings is 1. The standard InChI is InChI=1S/C21H38F3N5O/c1-4-25-20(26-8-6-5-7-21(22,23)24)28-11-9-27(10-12-28)16-19(30)29-14-17(2)13-18(3)15-29/h17-18H,4-16H2,1-3H3,(H,25,26). The van der Waals surface area contributed by atoms with E-state index in [0.29, 0.717) is 37.9 Å². The first-order valence-electron chi connectivity index (χ1n) is 11.3. The van der Waals surface area contributed by atoms with Crippen LogP contribution < -0.4 is 5.32 Å². The van der Waals surface area contributed by atoms with Gasteiger partial charge in [-0.3, -0.25) is 14.7 Å². The minimum atomic E-state index is -4.09. The predicted molar refractivity (Wildman–Crippen MR) is 113 cm³/mol. The summed E-state index contributed by atoms with van der Waals surface area (Å²) in [6, 6.07) is 0. The molecule has 2 heterocycles. The molecule has 1 N–H and O–H groups in total. The van der Waals surface area contributed by atoms with Crippen LogP contribution in [-0.4, -0.2) is 91.6 Å². The second kappa shape index (κ2) is 11.8. The quantitative estimate of drug-likeness (QED) is 0.381. The zero-order valence-corrected chi connectivity index (χ0v) is 18.7. The lowest BCUT2D eigenvalue weighted by Crippen LogP contribution is -2.55. The Morgan fingerprint density at radius 1 is 1.03 bits per heavy atom. The van der Waals surface area contributed by atoms with Crippen LogP contribution in [0.5, 0.6) is 0 Å². The molecule has 2 atom stereocenters. The van der Waals surface area contributed by atoms with Gasteiger partial charge >= 0.3 is 6.18 Å². The lowest BCUT2D eigenvalue weighted by Gasteiger charge is -2.39. The fourth-order valence-electron chi connectivity index (χ4n) is 4.32. The fraction of sp³-hybridized carbons (Fsp3) is 0.905. The number of hydrogen-bond acceptors (Lipinski definition) is 3. The number of carbonyl (C=O) groups is 1. The largest absolute Gasteiger partial charge is 0.389 e. The van der Waals surface area contributed by atoms with E-state index in [-0.39, 0.29) is 12.3 Å². The number of piperazine rings is 1. The Balaban J connectivity index is 1.76. The molecule has 2 rings (SSSR count). The van der Waals surface area contributed by atoms with Gasteiger partial charge in [-0.15, -0.1) is 0 Å². The zero-order valence-electron chi connectivity index (χ0n) is 18.7. The molecule has 1 amide bonds. The van der Waals surface area contributed by atoms with Crippen LogP contribution in [0.2, 0.25) is 0 Å². The number of halogens is 3. The molecule has 2 unspecified atom stereocenters. The number of guanidine groups is 1. The van der Waals surface area contributed by atoms with Gasteiger partial charge in [0.1, 0.15) is 0 Å². The van der Waals surface area contributed by atoms with Gasteiger partial charge in [-0.2, -0.15) is 13.2 Å². The number of aliphatic imine (C=N–C) groups is 1. The lowest BCUT2D eigenvalue weighted by atomic mass is 9.92. The number of alkyl halides is 3. The molecule has 2 fully saturated rings. The van der Waals surface area contributed by atoms with Crippen LogP contribution in [0.3, 0.4) is 0 Å². The molecule has 0 aromatic rings. The van der Waals surface area contributed by atoms with Crippen molar-refractivity contribution in [3.63, 3.8) is 0 Å². The van der Waals surface area contributed by atoms with E-state index in [1.807, 2.05) is 11.8 Å². The van der Waals surface area contributed by atoms with Gasteiger partial charge < -0.3 is 15.1 Å². The number of carbonyl (C=O) groups excluding carboxylic acids is 1. The second-order valence-corrected chi connectivity index (χ2v) is 8.82. The van der Waals surface area contributed by atoms with E-state index >= 15 is 0 Å². The van der Waals surface area contributed by atoms with Gasteiger partial charge in [-0.1, -0.05) is 13.8 Å². The molecule has 0 aromatic heterocycles. The van der Waals surface area contributed by atoms with Crippen molar-refractivity contribution in [2.24, 2.45) is 16.8 Å². The van der Waals surface area contributed by atoms with Gasteiger partial charge in [0.2, 0.25) is 5.91 Å². The third kappa shape index (κ3) is 8.70. The van der Waals surface area contributed by atoms with E-state index in [1.54, 1.807) is 0 Å². The topological polar surface area (TPSA) is 51.2 Å². The molecule has 0 aliphatic carbocycles. The number of nitrogens with zero attached hydrogens (tertiary/aromatic N) is 4. The van der Waals surface area contributed by atoms with Crippen molar-refractivity contribution in [2.45, 2.75) is 52.6 Å². The first kappa shape index (κ1) is 24.8. The average molecular weight is 434 g/mol. The maximum Gasteiger partial charge on any atom is 0.389 e. The lowest BCUT2D eigenvalue weighted by molar-refractivity contribution is -0.136. The Morgan fingerprint density at radius 3 is 2.23 bits per heavy atom. The Morgan fingerprint density at radius 2 is 1.67 bits per heavy atom. The highest BCUT2D eigenvalue weighted by atomic mass is 19.4. The summed E-state index contributed by atoms with van der Waals surface area (Å²) in [5.74, 6) is 2.09. The summed E-state index contributed by atoms with van der Waals surface area (Å²) in [6.07, 6.45) is -3.12. The van der Waals surface area contributed by atoms with Crippen LogP contribution in [0, 0.1) is 11.8 Å². The second-order valence-electron chi connectivity index (χ2n) is 8.82. The molecular weight excluding hydrogens is 395 g/mol. The third-order valence-corrected chi connectivity index (χ3v) is 5.72. The molecular formula is C21H38F3N5O. The summed E-state index contributed by atoms with van der Waals surface area (Å²) in [4.78, 5) is 23.5. The summed E-state index contributed by atoms with van der Waals surface area (Å²) >= 11 is 0. The Hall–Kier alpha value is -1.51. The Kier molecular flexibility index (Phi) is 9.71. The van der Waals surface area contributed by atoms with Crippen LogP contribution >= 0.6 is 0 Å². The molecule has 0 saturated carbocycles. The van der Waals surface area contributed by atoms with Crippen LogP contribution in [0.4, 0.5) is 13.2 Å². The predicted octanol–water partition coefficient (Wildman–Crippen LogP) is 2.81. The molecule has 6 nitrogen and oxygen atoms in total. The maximum atomic E-state index is 12.7. The number of hydrogen-bond donors (Lipinski definition) is 1. The first-order valence-corrected chi connectivity index (χ1v) is 11.3. The van der Waals surface area contributed by atoms with Gasteiger partial charge in [-0.25, -0.2) is 0 Å². The monoisotopic (exact) mass is 433 g/mol. The van der Waals surface area contributed by atoms with E-state index in [0.717, 1.165) is 45.2 Å². The third-order valence-electron chi connectivity index (χ3n) is 5.72. The normalized spacial score (nSPS) is 24.3. The minimum absolute atomic E-state index is 0.107. The average Bonchev–Trinajstić information content (AvgIpc) is 2.66. The first-order chi connectivity index (χ1) is 14.2. The molecule has 0 radical (unpaired) electrons. The van der Waals surface area contributed by atoms with Crippen LogP contribution in [0.15, 0.2) is 4.99 Å². The summed E-state index contributed by atoms with van der Waals surface area (Å²) in [5.41, 5.74) is 0. The minimum Gasteiger partial charge on any atom is -0.357 e. The number of amides is 1. The molecule has 2 saturated heterocycles. The highest BCUT2D eigenvalue weighted by Gasteiger charge is 2.28. The smallest absolute Gasteiger partial charge is 0.357 e. The van der Waals surface area contributed by atoms with Gasteiger partial charge in [0.05, 0.1) is 6.54 Å². The zero-order chi connectivity index (χ0) is 22.1. The molecule has 174 valence electrons. The van der Waals surface area contributed by atoms with E-state index in [4.69, 9.17) is 0 Å². The van der Waals surface area contributed by atoms with Gasteiger partial charge in [0, 0.05) is 58.8 Å². The van der Waals surface area contributed by atoms with E-state index in [2.05, 4.69) is 34.0 Å². The molecule has 0 aromatic carbocycles. The van der Waals surface area contributed by atoms with Crippen molar-refractivity contribution in [1.82, 2.24) is 20.0 Å². The van der Waals surface area contributed by atoms with E-state index in [9.17, 15) is 18.0 Å². The highest BCUT2D eigenvalue weighted by molar-refractivity contribution is 5.80. The van der Waals surface area contributed by atoms with E-state index in [1.165, 1.54) is 6.42 Å². The molecule has 9 heteroatoms. The van der Waals surface area contributed by atoms with Crippen molar-refractivity contribution in [1.29, 1.82) is 0 Å². The Bertz CT molecular complexity index is 551. The molecule has 2 aliphatic heterocycles. The number of rotatable bonds is 7. The molecule has 30 heavy (non-hydrogen) atoms. The number of nitrogens with one attached hydrogen (secondary N) is 1.